The van der Waals surface area contributed by atoms with Gasteiger partial charge < -0.3 is 4.98 Å². The maximum atomic E-state index is 12.9. The Hall–Kier alpha value is -2.41. The van der Waals surface area contributed by atoms with Crippen molar-refractivity contribution in [2.45, 2.75) is 30.1 Å². The van der Waals surface area contributed by atoms with E-state index in [0.29, 0.717) is 5.39 Å². The van der Waals surface area contributed by atoms with Gasteiger partial charge in [-0.25, -0.2) is 17.4 Å². The molecule has 0 unspecified atom stereocenters. The van der Waals surface area contributed by atoms with Gasteiger partial charge in [-0.15, -0.1) is 0 Å². The fourth-order valence-electron chi connectivity index (χ4n) is 2.85. The van der Waals surface area contributed by atoms with Crippen LogP contribution in [0.5, 0.6) is 0 Å². The second-order valence-corrected chi connectivity index (χ2v) is 7.96. The van der Waals surface area contributed by atoms with Crippen LogP contribution in [0.25, 0.3) is 11.0 Å². The number of hydrogen-bond donors (Lipinski definition) is 1. The highest BCUT2D eigenvalue weighted by Gasteiger charge is 2.43. The third-order valence-electron chi connectivity index (χ3n) is 4.51. The molecule has 23 heavy (non-hydrogen) atoms. The number of benzene rings is 1. The molecule has 1 saturated carbocycles. The SMILES string of the molecule is CC1(c2cn(S(=O)(=O)c3ccccc3)c3nc[nH]c(=O)c23)CC1. The minimum absolute atomic E-state index is 0.147. The number of aromatic nitrogens is 3. The third-order valence-corrected chi connectivity index (χ3v) is 6.17. The van der Waals surface area contributed by atoms with Crippen LogP contribution in [0.1, 0.15) is 25.3 Å². The molecule has 2 heterocycles. The minimum Gasteiger partial charge on any atom is -0.312 e. The van der Waals surface area contributed by atoms with Gasteiger partial charge in [0.15, 0.2) is 5.65 Å². The van der Waals surface area contributed by atoms with E-state index in [1.165, 1.54) is 18.5 Å². The first-order chi connectivity index (χ1) is 10.9. The summed E-state index contributed by atoms with van der Waals surface area (Å²) in [6, 6.07) is 8.16. The molecule has 1 aliphatic rings. The van der Waals surface area contributed by atoms with E-state index in [1.54, 1.807) is 24.4 Å². The predicted octanol–water partition coefficient (Wildman–Crippen LogP) is 2.01. The second kappa shape index (κ2) is 4.55. The smallest absolute Gasteiger partial charge is 0.269 e. The summed E-state index contributed by atoms with van der Waals surface area (Å²) in [5.74, 6) is 0. The number of nitrogens with zero attached hydrogens (tertiary/aromatic N) is 2. The molecule has 0 amide bonds. The first kappa shape index (κ1) is 14.2. The molecule has 118 valence electrons. The summed E-state index contributed by atoms with van der Waals surface area (Å²) in [6.07, 6.45) is 4.67. The van der Waals surface area contributed by atoms with Crippen LogP contribution in [-0.2, 0) is 15.4 Å². The van der Waals surface area contributed by atoms with E-state index in [2.05, 4.69) is 9.97 Å². The van der Waals surface area contributed by atoms with Crippen molar-refractivity contribution in [2.24, 2.45) is 0 Å². The van der Waals surface area contributed by atoms with Gasteiger partial charge in [-0.3, -0.25) is 4.79 Å². The molecule has 7 heteroatoms. The molecule has 0 aliphatic heterocycles. The molecule has 0 spiro atoms. The maximum absolute atomic E-state index is 12.9. The van der Waals surface area contributed by atoms with Crippen molar-refractivity contribution in [3.05, 3.63) is 58.8 Å². The average Bonchev–Trinajstić information content (AvgIpc) is 3.15. The lowest BCUT2D eigenvalue weighted by Gasteiger charge is -2.06. The zero-order valence-corrected chi connectivity index (χ0v) is 13.3. The Morgan fingerprint density at radius 3 is 2.57 bits per heavy atom. The van der Waals surface area contributed by atoms with Crippen molar-refractivity contribution in [1.29, 1.82) is 0 Å². The predicted molar refractivity (Wildman–Crippen MR) is 86.0 cm³/mol. The van der Waals surface area contributed by atoms with Crippen LogP contribution in [0.4, 0.5) is 0 Å². The van der Waals surface area contributed by atoms with Crippen molar-refractivity contribution in [3.8, 4) is 0 Å². The summed E-state index contributed by atoms with van der Waals surface area (Å²) in [4.78, 5) is 19.1. The lowest BCUT2D eigenvalue weighted by Crippen LogP contribution is -2.14. The summed E-state index contributed by atoms with van der Waals surface area (Å²) in [7, 11) is -3.79. The van der Waals surface area contributed by atoms with E-state index in [0.717, 1.165) is 22.4 Å². The molecule has 6 nitrogen and oxygen atoms in total. The monoisotopic (exact) mass is 329 g/mol. The first-order valence-corrected chi connectivity index (χ1v) is 8.77. The van der Waals surface area contributed by atoms with E-state index < -0.39 is 10.0 Å². The Kier molecular flexibility index (Phi) is 2.81. The van der Waals surface area contributed by atoms with Crippen molar-refractivity contribution in [3.63, 3.8) is 0 Å². The molecule has 1 N–H and O–H groups in total. The normalized spacial score (nSPS) is 16.6. The van der Waals surface area contributed by atoms with Gasteiger partial charge in [0.25, 0.3) is 15.6 Å². The van der Waals surface area contributed by atoms with Gasteiger partial charge >= 0.3 is 0 Å². The van der Waals surface area contributed by atoms with Gasteiger partial charge in [0, 0.05) is 6.20 Å². The molecule has 1 aromatic carbocycles. The van der Waals surface area contributed by atoms with E-state index in [9.17, 15) is 13.2 Å². The van der Waals surface area contributed by atoms with E-state index in [4.69, 9.17) is 0 Å². The number of aromatic amines is 1. The molecule has 1 aliphatic carbocycles. The fourth-order valence-corrected chi connectivity index (χ4v) is 4.19. The van der Waals surface area contributed by atoms with Crippen LogP contribution in [0.15, 0.2) is 52.5 Å². The first-order valence-electron chi connectivity index (χ1n) is 7.33. The topological polar surface area (TPSA) is 84.8 Å². The van der Waals surface area contributed by atoms with Crippen molar-refractivity contribution in [2.75, 3.05) is 0 Å². The van der Waals surface area contributed by atoms with Gasteiger partial charge in [-0.2, -0.15) is 0 Å². The number of H-pyrrole nitrogens is 1. The molecule has 0 bridgehead atoms. The lowest BCUT2D eigenvalue weighted by atomic mass is 9.99. The highest BCUT2D eigenvalue weighted by Crippen LogP contribution is 2.49. The van der Waals surface area contributed by atoms with Crippen LogP contribution < -0.4 is 5.56 Å². The molecular weight excluding hydrogens is 314 g/mol. The second-order valence-electron chi connectivity index (χ2n) is 6.15. The Morgan fingerprint density at radius 2 is 1.91 bits per heavy atom. The van der Waals surface area contributed by atoms with Gasteiger partial charge in [0.2, 0.25) is 0 Å². The summed E-state index contributed by atoms with van der Waals surface area (Å²) < 4.78 is 27.0. The van der Waals surface area contributed by atoms with Gasteiger partial charge in [-0.05, 0) is 36.0 Å². The largest absolute Gasteiger partial charge is 0.312 e. The molecular formula is C16H15N3O3S. The fraction of sp³-hybridized carbons (Fsp3) is 0.250. The lowest BCUT2D eigenvalue weighted by molar-refractivity contribution is 0.588. The van der Waals surface area contributed by atoms with Gasteiger partial charge in [-0.1, -0.05) is 25.1 Å². The van der Waals surface area contributed by atoms with E-state index in [1.807, 2.05) is 6.92 Å². The number of nitrogens with one attached hydrogen (secondary N) is 1. The molecule has 2 aromatic heterocycles. The molecule has 4 rings (SSSR count). The zero-order chi connectivity index (χ0) is 16.2. The Morgan fingerprint density at radius 1 is 1.22 bits per heavy atom. The molecule has 0 saturated heterocycles. The average molecular weight is 329 g/mol. The van der Waals surface area contributed by atoms with Crippen LogP contribution in [0.2, 0.25) is 0 Å². The Labute approximate surface area is 132 Å². The molecule has 3 aromatic rings. The summed E-state index contributed by atoms with van der Waals surface area (Å²) in [5.41, 5.74) is 0.480. The summed E-state index contributed by atoms with van der Waals surface area (Å²) in [6.45, 7) is 2.04. The van der Waals surface area contributed by atoms with Crippen molar-refractivity contribution >= 4 is 21.1 Å². The van der Waals surface area contributed by atoms with Gasteiger partial charge in [0.05, 0.1) is 16.6 Å². The zero-order valence-electron chi connectivity index (χ0n) is 12.5. The number of fused-ring (bicyclic) bond motifs is 1. The number of rotatable bonds is 3. The maximum Gasteiger partial charge on any atom is 0.269 e. The highest BCUT2D eigenvalue weighted by molar-refractivity contribution is 7.90. The quantitative estimate of drug-likeness (QED) is 0.796. The minimum atomic E-state index is -3.79. The van der Waals surface area contributed by atoms with Crippen LogP contribution in [0.3, 0.4) is 0 Å². The van der Waals surface area contributed by atoms with E-state index >= 15 is 0 Å². The summed E-state index contributed by atoms with van der Waals surface area (Å²) in [5, 5.41) is 0.368. The Bertz CT molecular complexity index is 1060. The number of hydrogen-bond acceptors (Lipinski definition) is 4. The van der Waals surface area contributed by atoms with Gasteiger partial charge in [0.1, 0.15) is 0 Å². The highest BCUT2D eigenvalue weighted by atomic mass is 32.2. The Balaban J connectivity index is 2.06. The van der Waals surface area contributed by atoms with Crippen molar-refractivity contribution in [1.82, 2.24) is 13.9 Å². The van der Waals surface area contributed by atoms with Crippen LogP contribution in [0, 0.1) is 0 Å². The summed E-state index contributed by atoms with van der Waals surface area (Å²) >= 11 is 0. The standard InChI is InChI=1S/C16H15N3O3S/c1-16(7-8-16)12-9-19(14-13(12)15(20)18-10-17-14)23(21,22)11-5-3-2-4-6-11/h2-6,9-10H,7-8H2,1H3,(H,17,18,20). The van der Waals surface area contributed by atoms with E-state index in [-0.39, 0.29) is 21.5 Å². The molecule has 0 radical (unpaired) electrons. The molecule has 1 fully saturated rings. The third kappa shape index (κ3) is 2.03. The van der Waals surface area contributed by atoms with Crippen molar-refractivity contribution < 1.29 is 8.42 Å². The molecule has 0 atom stereocenters. The van der Waals surface area contributed by atoms with Crippen LogP contribution >= 0.6 is 0 Å². The van der Waals surface area contributed by atoms with Crippen LogP contribution in [-0.4, -0.2) is 22.4 Å².